The van der Waals surface area contributed by atoms with E-state index >= 15 is 0 Å². The van der Waals surface area contributed by atoms with Crippen molar-refractivity contribution in [2.45, 2.75) is 72.3 Å². The maximum absolute atomic E-state index is 13.8. The Morgan fingerprint density at radius 1 is 1.18 bits per heavy atom. The molecule has 0 aromatic carbocycles. The molecule has 0 atom stereocenters. The molecule has 1 N–H and O–H groups in total. The number of hydrogen-bond acceptors (Lipinski definition) is 4. The van der Waals surface area contributed by atoms with Crippen LogP contribution in [0.1, 0.15) is 80.8 Å². The highest BCUT2D eigenvalue weighted by atomic mass is 32.1. The van der Waals surface area contributed by atoms with Gasteiger partial charge in [-0.1, -0.05) is 18.8 Å². The summed E-state index contributed by atoms with van der Waals surface area (Å²) in [5, 5.41) is 9.95. The number of carbonyl (C=O) groups is 2. The molecule has 2 saturated carbocycles. The molecule has 2 aliphatic carbocycles. The summed E-state index contributed by atoms with van der Waals surface area (Å²) in [6, 6.07) is 1.76. The van der Waals surface area contributed by atoms with Crippen molar-refractivity contribution in [2.24, 2.45) is 23.2 Å². The van der Waals surface area contributed by atoms with E-state index in [1.165, 1.54) is 0 Å². The molecular formula is C26H38NO4PS. The SMILES string of the molecule is CC1CCC(C(=O)N(c2cc(C#CC(C)(C)C)sc2C(=O)O)C2CC(CP(C)(C)=O)C2)CC1. The van der Waals surface area contributed by atoms with Gasteiger partial charge in [0.25, 0.3) is 0 Å². The maximum Gasteiger partial charge on any atom is 0.348 e. The third-order valence-electron chi connectivity index (χ3n) is 6.60. The molecule has 33 heavy (non-hydrogen) atoms. The number of rotatable bonds is 6. The van der Waals surface area contributed by atoms with Crippen LogP contribution in [0.15, 0.2) is 6.07 Å². The maximum atomic E-state index is 13.8. The van der Waals surface area contributed by atoms with Crippen molar-refractivity contribution in [1.29, 1.82) is 0 Å². The van der Waals surface area contributed by atoms with Gasteiger partial charge in [-0.05, 0) is 90.5 Å². The van der Waals surface area contributed by atoms with Crippen LogP contribution < -0.4 is 4.90 Å². The van der Waals surface area contributed by atoms with Gasteiger partial charge in [-0.15, -0.1) is 11.3 Å². The second-order valence-electron chi connectivity index (χ2n) is 11.5. The highest BCUT2D eigenvalue weighted by Crippen LogP contribution is 2.47. The Labute approximate surface area is 202 Å². The quantitative estimate of drug-likeness (QED) is 0.369. The van der Waals surface area contributed by atoms with Crippen molar-refractivity contribution in [1.82, 2.24) is 0 Å². The number of amides is 1. The summed E-state index contributed by atoms with van der Waals surface area (Å²) in [5.41, 5.74) is 0.297. The molecule has 0 radical (unpaired) electrons. The molecule has 1 aromatic rings. The van der Waals surface area contributed by atoms with Crippen LogP contribution in [-0.2, 0) is 9.36 Å². The van der Waals surface area contributed by atoms with Crippen LogP contribution in [0.25, 0.3) is 0 Å². The van der Waals surface area contributed by atoms with E-state index in [4.69, 9.17) is 0 Å². The van der Waals surface area contributed by atoms with Crippen molar-refractivity contribution in [3.8, 4) is 11.8 Å². The molecule has 7 heteroatoms. The highest BCUT2D eigenvalue weighted by molar-refractivity contribution is 7.62. The predicted octanol–water partition coefficient (Wildman–Crippen LogP) is 6.40. The fraction of sp³-hybridized carbons (Fsp3) is 0.692. The monoisotopic (exact) mass is 491 g/mol. The Kier molecular flexibility index (Phi) is 7.86. The lowest BCUT2D eigenvalue weighted by Crippen LogP contribution is -2.51. The number of anilines is 1. The number of carboxylic acid groups (broad SMARTS) is 1. The molecule has 1 heterocycles. The summed E-state index contributed by atoms with van der Waals surface area (Å²) >= 11 is 1.15. The first kappa shape index (κ1) is 26.0. The number of hydrogen-bond donors (Lipinski definition) is 1. The molecule has 0 spiro atoms. The van der Waals surface area contributed by atoms with Gasteiger partial charge in [0.05, 0.1) is 17.7 Å². The Morgan fingerprint density at radius 2 is 1.79 bits per heavy atom. The lowest BCUT2D eigenvalue weighted by Gasteiger charge is -2.45. The summed E-state index contributed by atoms with van der Waals surface area (Å²) in [6.07, 6.45) is 6.01. The first-order chi connectivity index (χ1) is 15.2. The Bertz CT molecular complexity index is 992. The minimum atomic E-state index is -2.13. The van der Waals surface area contributed by atoms with Crippen LogP contribution in [0.5, 0.6) is 0 Å². The van der Waals surface area contributed by atoms with E-state index < -0.39 is 13.1 Å². The molecule has 1 amide bonds. The Morgan fingerprint density at radius 3 is 2.30 bits per heavy atom. The third-order valence-corrected chi connectivity index (χ3v) is 9.03. The minimum absolute atomic E-state index is 0.0375. The van der Waals surface area contributed by atoms with Gasteiger partial charge in [-0.3, -0.25) is 4.79 Å². The van der Waals surface area contributed by atoms with Crippen molar-refractivity contribution < 1.29 is 19.3 Å². The van der Waals surface area contributed by atoms with E-state index in [1.807, 2.05) is 34.1 Å². The van der Waals surface area contributed by atoms with Crippen LogP contribution in [0, 0.1) is 35.0 Å². The molecule has 5 nitrogen and oxygen atoms in total. The number of thiophene rings is 1. The number of nitrogens with zero attached hydrogens (tertiary/aromatic N) is 1. The molecule has 0 saturated heterocycles. The molecular weight excluding hydrogens is 453 g/mol. The van der Waals surface area contributed by atoms with Crippen molar-refractivity contribution in [2.75, 3.05) is 24.4 Å². The molecule has 0 bridgehead atoms. The van der Waals surface area contributed by atoms with Crippen LogP contribution in [0.4, 0.5) is 5.69 Å². The van der Waals surface area contributed by atoms with Gasteiger partial charge in [-0.2, -0.15) is 0 Å². The topological polar surface area (TPSA) is 74.7 Å². The van der Waals surface area contributed by atoms with Gasteiger partial charge in [0, 0.05) is 23.5 Å². The highest BCUT2D eigenvalue weighted by Gasteiger charge is 2.42. The van der Waals surface area contributed by atoms with Gasteiger partial charge in [0.15, 0.2) is 0 Å². The van der Waals surface area contributed by atoms with Crippen LogP contribution in [0.2, 0.25) is 0 Å². The molecule has 2 fully saturated rings. The van der Waals surface area contributed by atoms with Gasteiger partial charge in [0.2, 0.25) is 5.91 Å². The van der Waals surface area contributed by atoms with Crippen LogP contribution in [-0.4, -0.2) is 42.5 Å². The second kappa shape index (κ2) is 9.96. The Hall–Kier alpha value is -1.57. The normalized spacial score (nSPS) is 25.5. The van der Waals surface area contributed by atoms with Crippen molar-refractivity contribution >= 4 is 36.0 Å². The fourth-order valence-corrected chi connectivity index (χ4v) is 7.29. The smallest absolute Gasteiger partial charge is 0.348 e. The minimum Gasteiger partial charge on any atom is -0.477 e. The van der Waals surface area contributed by atoms with Gasteiger partial charge in [0.1, 0.15) is 4.88 Å². The van der Waals surface area contributed by atoms with Crippen LogP contribution >= 0.6 is 18.5 Å². The predicted molar refractivity (Wildman–Crippen MR) is 137 cm³/mol. The summed E-state index contributed by atoms with van der Waals surface area (Å²) in [4.78, 5) is 28.6. The molecule has 3 rings (SSSR count). The average molecular weight is 492 g/mol. The van der Waals surface area contributed by atoms with Crippen molar-refractivity contribution in [3.05, 3.63) is 15.8 Å². The summed E-state index contributed by atoms with van der Waals surface area (Å²) in [6.45, 7) is 11.9. The van der Waals surface area contributed by atoms with Gasteiger partial charge in [-0.25, -0.2) is 4.79 Å². The largest absolute Gasteiger partial charge is 0.477 e. The molecule has 2 aliphatic rings. The number of aromatic carboxylic acids is 1. The first-order valence-corrected chi connectivity index (χ1v) is 15.6. The van der Waals surface area contributed by atoms with Crippen LogP contribution in [0.3, 0.4) is 0 Å². The lowest BCUT2D eigenvalue weighted by atomic mass is 9.78. The second-order valence-corrected chi connectivity index (χ2v) is 16.1. The zero-order valence-electron chi connectivity index (χ0n) is 20.8. The fourth-order valence-electron chi connectivity index (χ4n) is 4.91. The summed E-state index contributed by atoms with van der Waals surface area (Å²) in [7, 11) is -2.13. The standard InChI is InChI=1S/C26H38NO4PS/c1-17-7-9-19(10-8-17)24(28)27(20-13-18(14-20)16-32(5,6)31)22-15-21(11-12-26(2,3)4)33-23(22)25(29)30/h15,17-20H,7-10,13-14,16H2,1-6H3,(H,29,30). The van der Waals surface area contributed by atoms with E-state index in [1.54, 1.807) is 11.0 Å². The zero-order valence-corrected chi connectivity index (χ0v) is 22.5. The average Bonchev–Trinajstić information content (AvgIpc) is 3.08. The number of carboxylic acids is 1. The van der Waals surface area contributed by atoms with E-state index in [2.05, 4.69) is 18.8 Å². The van der Waals surface area contributed by atoms with E-state index in [0.29, 0.717) is 28.6 Å². The molecule has 0 aliphatic heterocycles. The first-order valence-electron chi connectivity index (χ1n) is 12.0. The third kappa shape index (κ3) is 6.96. The number of carbonyl (C=O) groups excluding carboxylic acids is 1. The molecule has 0 unspecified atom stereocenters. The Balaban J connectivity index is 1.94. The zero-order chi connectivity index (χ0) is 24.6. The van der Waals surface area contributed by atoms with E-state index in [-0.39, 0.29) is 28.2 Å². The molecule has 182 valence electrons. The van der Waals surface area contributed by atoms with Gasteiger partial charge < -0.3 is 14.6 Å². The van der Waals surface area contributed by atoms with Gasteiger partial charge >= 0.3 is 5.97 Å². The summed E-state index contributed by atoms with van der Waals surface area (Å²) < 4.78 is 12.3. The lowest BCUT2D eigenvalue weighted by molar-refractivity contribution is -0.124. The molecule has 1 aromatic heterocycles. The summed E-state index contributed by atoms with van der Waals surface area (Å²) in [5.74, 6) is 6.23. The van der Waals surface area contributed by atoms with E-state index in [0.717, 1.165) is 49.9 Å². The van der Waals surface area contributed by atoms with E-state index in [9.17, 15) is 19.3 Å². The van der Waals surface area contributed by atoms with Crippen molar-refractivity contribution in [3.63, 3.8) is 0 Å².